The second kappa shape index (κ2) is 4.44. The maximum absolute atomic E-state index is 12.8. The second-order valence-electron chi connectivity index (χ2n) is 3.85. The van der Waals surface area contributed by atoms with Gasteiger partial charge >= 0.3 is 0 Å². The van der Waals surface area contributed by atoms with E-state index in [1.807, 2.05) is 0 Å². The number of hydrogen-bond donors (Lipinski definition) is 1. The molecule has 1 aromatic heterocycles. The zero-order chi connectivity index (χ0) is 13.3. The molecule has 0 aliphatic rings. The lowest BCUT2D eigenvalue weighted by atomic mass is 10.1. The third kappa shape index (κ3) is 2.02. The summed E-state index contributed by atoms with van der Waals surface area (Å²) in [5.74, 6) is -1.00. The van der Waals surface area contributed by atoms with E-state index < -0.39 is 11.7 Å². The summed E-state index contributed by atoms with van der Waals surface area (Å²) in [5, 5.41) is 0. The predicted octanol–water partition coefficient (Wildman–Crippen LogP) is 1.38. The molecule has 0 radical (unpaired) electrons. The van der Waals surface area contributed by atoms with E-state index in [0.717, 1.165) is 0 Å². The zero-order valence-corrected chi connectivity index (χ0v) is 9.68. The van der Waals surface area contributed by atoms with Gasteiger partial charge in [0.15, 0.2) is 0 Å². The lowest BCUT2D eigenvalue weighted by Crippen LogP contribution is -2.24. The molecule has 2 aromatic rings. The van der Waals surface area contributed by atoms with Gasteiger partial charge in [-0.2, -0.15) is 0 Å². The van der Waals surface area contributed by atoms with Gasteiger partial charge in [-0.3, -0.25) is 14.2 Å². The lowest BCUT2D eigenvalue weighted by Gasteiger charge is -2.12. The van der Waals surface area contributed by atoms with E-state index in [9.17, 15) is 14.0 Å². The van der Waals surface area contributed by atoms with Crippen molar-refractivity contribution in [3.05, 3.63) is 63.8 Å². The highest BCUT2D eigenvalue weighted by Gasteiger charge is 2.11. The van der Waals surface area contributed by atoms with Gasteiger partial charge in [-0.1, -0.05) is 0 Å². The average Bonchev–Trinajstić information content (AvgIpc) is 2.31. The van der Waals surface area contributed by atoms with Gasteiger partial charge in [0.1, 0.15) is 5.82 Å². The summed E-state index contributed by atoms with van der Waals surface area (Å²) >= 11 is 0. The normalized spacial score (nSPS) is 10.3. The van der Waals surface area contributed by atoms with Crippen LogP contribution in [0.5, 0.6) is 0 Å². The lowest BCUT2D eigenvalue weighted by molar-refractivity contribution is 0.0999. The van der Waals surface area contributed by atoms with Gasteiger partial charge in [0.25, 0.3) is 5.56 Å². The highest BCUT2D eigenvalue weighted by atomic mass is 19.1. The monoisotopic (exact) mass is 246 g/mol. The molecule has 0 saturated carbocycles. The molecule has 0 aliphatic carbocycles. The largest absolute Gasteiger partial charge is 0.366 e. The van der Waals surface area contributed by atoms with Crippen molar-refractivity contribution in [2.45, 2.75) is 6.92 Å². The molecule has 2 rings (SSSR count). The molecule has 0 saturated heterocycles. The number of carbonyl (C=O) groups is 1. The van der Waals surface area contributed by atoms with Crippen LogP contribution in [0.25, 0.3) is 5.69 Å². The summed E-state index contributed by atoms with van der Waals surface area (Å²) in [6, 6.07) is 8.08. The molecule has 5 heteroatoms. The van der Waals surface area contributed by atoms with Gasteiger partial charge in [-0.15, -0.1) is 0 Å². The predicted molar refractivity (Wildman–Crippen MR) is 65.3 cm³/mol. The number of benzene rings is 1. The minimum Gasteiger partial charge on any atom is -0.366 e. The first-order chi connectivity index (χ1) is 8.50. The summed E-state index contributed by atoms with van der Waals surface area (Å²) in [4.78, 5) is 23.0. The van der Waals surface area contributed by atoms with Crippen molar-refractivity contribution in [2.24, 2.45) is 5.73 Å². The second-order valence-corrected chi connectivity index (χ2v) is 3.85. The van der Waals surface area contributed by atoms with Crippen molar-refractivity contribution in [2.75, 3.05) is 0 Å². The molecule has 0 spiro atoms. The van der Waals surface area contributed by atoms with Gasteiger partial charge in [-0.05, 0) is 37.3 Å². The van der Waals surface area contributed by atoms with Crippen LogP contribution in [-0.2, 0) is 0 Å². The summed E-state index contributed by atoms with van der Waals surface area (Å²) in [6.07, 6.45) is 0. The Labute approximate surface area is 102 Å². The molecular weight excluding hydrogens is 235 g/mol. The first kappa shape index (κ1) is 12.0. The molecule has 1 heterocycles. The van der Waals surface area contributed by atoms with Crippen molar-refractivity contribution in [3.63, 3.8) is 0 Å². The Morgan fingerprint density at radius 1 is 1.17 bits per heavy atom. The van der Waals surface area contributed by atoms with Gasteiger partial charge in [0.2, 0.25) is 5.91 Å². The number of halogens is 1. The zero-order valence-electron chi connectivity index (χ0n) is 9.68. The first-order valence-electron chi connectivity index (χ1n) is 5.29. The minimum absolute atomic E-state index is 0.263. The van der Waals surface area contributed by atoms with Crippen LogP contribution < -0.4 is 11.3 Å². The Kier molecular flexibility index (Phi) is 2.97. The van der Waals surface area contributed by atoms with Crippen LogP contribution in [0.4, 0.5) is 4.39 Å². The summed E-state index contributed by atoms with van der Waals surface area (Å²) in [6.45, 7) is 1.62. The summed E-state index contributed by atoms with van der Waals surface area (Å²) in [5.41, 5.74) is 6.10. The fourth-order valence-corrected chi connectivity index (χ4v) is 1.81. The van der Waals surface area contributed by atoms with Crippen molar-refractivity contribution in [3.8, 4) is 5.69 Å². The van der Waals surface area contributed by atoms with E-state index in [4.69, 9.17) is 5.73 Å². The third-order valence-electron chi connectivity index (χ3n) is 2.69. The van der Waals surface area contributed by atoms with E-state index >= 15 is 0 Å². The van der Waals surface area contributed by atoms with Crippen LogP contribution in [-0.4, -0.2) is 10.5 Å². The smallest absolute Gasteiger partial charge is 0.255 e. The molecule has 0 fully saturated rings. The van der Waals surface area contributed by atoms with Crippen molar-refractivity contribution < 1.29 is 9.18 Å². The number of hydrogen-bond acceptors (Lipinski definition) is 2. The first-order valence-corrected chi connectivity index (χ1v) is 5.29. The summed E-state index contributed by atoms with van der Waals surface area (Å²) < 4.78 is 14.2. The van der Waals surface area contributed by atoms with Gasteiger partial charge in [0, 0.05) is 17.4 Å². The van der Waals surface area contributed by atoms with Crippen LogP contribution in [0.1, 0.15) is 16.1 Å². The van der Waals surface area contributed by atoms with Gasteiger partial charge in [-0.25, -0.2) is 4.39 Å². The number of aromatic nitrogens is 1. The van der Waals surface area contributed by atoms with Crippen molar-refractivity contribution in [1.82, 2.24) is 4.57 Å². The minimum atomic E-state index is -0.608. The fourth-order valence-electron chi connectivity index (χ4n) is 1.81. The summed E-state index contributed by atoms with van der Waals surface area (Å²) in [7, 11) is 0. The van der Waals surface area contributed by atoms with E-state index in [1.165, 1.54) is 41.0 Å². The van der Waals surface area contributed by atoms with E-state index in [-0.39, 0.29) is 11.1 Å². The van der Waals surface area contributed by atoms with E-state index in [0.29, 0.717) is 11.4 Å². The quantitative estimate of drug-likeness (QED) is 0.870. The highest BCUT2D eigenvalue weighted by Crippen LogP contribution is 2.12. The topological polar surface area (TPSA) is 65.1 Å². The Hall–Kier alpha value is -2.43. The molecule has 1 amide bonds. The Morgan fingerprint density at radius 3 is 2.33 bits per heavy atom. The molecule has 0 aliphatic heterocycles. The SMILES string of the molecule is Cc1c(C(N)=O)ccc(=O)n1-c1ccc(F)cc1. The number of carbonyl (C=O) groups excluding carboxylic acids is 1. The number of nitrogens with two attached hydrogens (primary N) is 1. The Morgan fingerprint density at radius 2 is 1.78 bits per heavy atom. The molecule has 18 heavy (non-hydrogen) atoms. The van der Waals surface area contributed by atoms with Crippen LogP contribution >= 0.6 is 0 Å². The molecule has 2 N–H and O–H groups in total. The number of rotatable bonds is 2. The molecule has 92 valence electrons. The number of nitrogens with zero attached hydrogens (tertiary/aromatic N) is 1. The van der Waals surface area contributed by atoms with E-state index in [2.05, 4.69) is 0 Å². The maximum atomic E-state index is 12.8. The van der Waals surface area contributed by atoms with Crippen molar-refractivity contribution >= 4 is 5.91 Å². The van der Waals surface area contributed by atoms with Crippen LogP contribution in [0.3, 0.4) is 0 Å². The molecule has 4 nitrogen and oxygen atoms in total. The third-order valence-corrected chi connectivity index (χ3v) is 2.69. The fraction of sp³-hybridized carbons (Fsp3) is 0.0769. The average molecular weight is 246 g/mol. The Balaban J connectivity index is 2.70. The standard InChI is InChI=1S/C13H11FN2O2/c1-8-11(13(15)18)6-7-12(17)16(8)10-4-2-9(14)3-5-10/h2-7H,1H3,(H2,15,18). The molecule has 0 unspecified atom stereocenters. The van der Waals surface area contributed by atoms with Crippen LogP contribution in [0.2, 0.25) is 0 Å². The highest BCUT2D eigenvalue weighted by molar-refractivity contribution is 5.93. The molecule has 0 atom stereocenters. The van der Waals surface area contributed by atoms with Crippen LogP contribution in [0.15, 0.2) is 41.2 Å². The maximum Gasteiger partial charge on any atom is 0.255 e. The van der Waals surface area contributed by atoms with Gasteiger partial charge in [0.05, 0.1) is 5.56 Å². The molecule has 1 aromatic carbocycles. The molecule has 0 bridgehead atoms. The van der Waals surface area contributed by atoms with Crippen molar-refractivity contribution in [1.29, 1.82) is 0 Å². The molecular formula is C13H11FN2O2. The van der Waals surface area contributed by atoms with Crippen LogP contribution in [0, 0.1) is 12.7 Å². The number of amides is 1. The number of primary amides is 1. The number of pyridine rings is 1. The van der Waals surface area contributed by atoms with E-state index in [1.54, 1.807) is 6.92 Å². The van der Waals surface area contributed by atoms with Gasteiger partial charge < -0.3 is 5.73 Å². The Bertz CT molecular complexity index is 660.